The number of hydrogen-bond donors (Lipinski definition) is 1. The van der Waals surface area contributed by atoms with Gasteiger partial charge in [0.25, 0.3) is 0 Å². The van der Waals surface area contributed by atoms with E-state index in [2.05, 4.69) is 49.0 Å². The highest BCUT2D eigenvalue weighted by molar-refractivity contribution is 9.09. The first-order chi connectivity index (χ1) is 11.1. The van der Waals surface area contributed by atoms with E-state index in [4.69, 9.17) is 4.74 Å². The van der Waals surface area contributed by atoms with Crippen LogP contribution in [0, 0.1) is 23.7 Å². The molecule has 0 aromatic rings. The first-order valence-corrected chi connectivity index (χ1v) is 10.4. The predicted molar refractivity (Wildman–Crippen MR) is 103 cm³/mol. The molecule has 2 saturated heterocycles. The maximum atomic E-state index is 10.4. The fraction of sp³-hybridized carbons (Fsp3) is 0.810. The van der Waals surface area contributed by atoms with E-state index in [-0.39, 0.29) is 10.4 Å². The van der Waals surface area contributed by atoms with Crippen LogP contribution in [0.25, 0.3) is 0 Å². The van der Waals surface area contributed by atoms with Crippen LogP contribution in [0.3, 0.4) is 0 Å². The number of hydrogen-bond acceptors (Lipinski definition) is 2. The zero-order chi connectivity index (χ0) is 17.7. The molecule has 0 radical (unpaired) electrons. The number of rotatable bonds is 5. The Bertz CT molecular complexity index is 506. The van der Waals surface area contributed by atoms with Gasteiger partial charge in [-0.1, -0.05) is 34.2 Å². The van der Waals surface area contributed by atoms with Crippen molar-refractivity contribution in [2.75, 3.05) is 0 Å². The van der Waals surface area contributed by atoms with Gasteiger partial charge in [-0.05, 0) is 76.5 Å². The summed E-state index contributed by atoms with van der Waals surface area (Å²) in [6, 6.07) is 0. The van der Waals surface area contributed by atoms with E-state index in [0.717, 1.165) is 32.1 Å². The van der Waals surface area contributed by atoms with E-state index in [1.165, 1.54) is 12.0 Å². The Morgan fingerprint density at radius 3 is 2.62 bits per heavy atom. The smallest absolute Gasteiger partial charge is 0.0744 e. The third-order valence-corrected chi connectivity index (χ3v) is 8.37. The summed E-state index contributed by atoms with van der Waals surface area (Å²) in [5.41, 5.74) is 0.831. The maximum Gasteiger partial charge on any atom is 0.0744 e. The summed E-state index contributed by atoms with van der Waals surface area (Å²) in [6.45, 7) is 14.8. The first-order valence-electron chi connectivity index (χ1n) is 9.47. The van der Waals surface area contributed by atoms with Gasteiger partial charge in [0, 0.05) is 11.2 Å². The fourth-order valence-electron chi connectivity index (χ4n) is 5.34. The Kier molecular flexibility index (Phi) is 5.10. The Hall–Kier alpha value is -0.120. The Morgan fingerprint density at radius 2 is 2.08 bits per heavy atom. The minimum Gasteiger partial charge on any atom is -0.389 e. The predicted octanol–water partition coefficient (Wildman–Crippen LogP) is 5.25. The molecule has 2 heterocycles. The molecule has 24 heavy (non-hydrogen) atoms. The van der Waals surface area contributed by atoms with E-state index in [0.29, 0.717) is 29.8 Å². The van der Waals surface area contributed by atoms with Crippen molar-refractivity contribution >= 4 is 15.9 Å². The van der Waals surface area contributed by atoms with Gasteiger partial charge in [-0.3, -0.25) is 0 Å². The van der Waals surface area contributed by atoms with Gasteiger partial charge in [0.15, 0.2) is 0 Å². The highest BCUT2D eigenvalue weighted by Crippen LogP contribution is 2.54. The summed E-state index contributed by atoms with van der Waals surface area (Å²) in [5, 5.41) is 10.4. The summed E-state index contributed by atoms with van der Waals surface area (Å²) in [6.07, 6.45) is 9.00. The van der Waals surface area contributed by atoms with Crippen LogP contribution in [-0.2, 0) is 4.74 Å². The van der Waals surface area contributed by atoms with Crippen molar-refractivity contribution in [2.45, 2.75) is 81.4 Å². The Labute approximate surface area is 155 Å². The molecule has 2 saturated carbocycles. The van der Waals surface area contributed by atoms with Gasteiger partial charge >= 0.3 is 0 Å². The lowest BCUT2D eigenvalue weighted by atomic mass is 9.60. The third-order valence-electron chi connectivity index (χ3n) is 7.01. The molecule has 4 fully saturated rings. The molecule has 8 atom stereocenters. The summed E-state index contributed by atoms with van der Waals surface area (Å²) in [5.74, 6) is 2.26. The SMILES string of the molecule is C=CC(C[C@H]1[C@@H]2C[C@@](C)(C[C@@H]1C(=C)C)O2)[C@@H]1CC[C@](C)(O)[C@H](Br)C1. The minimum atomic E-state index is -0.577. The van der Waals surface area contributed by atoms with Crippen molar-refractivity contribution in [3.05, 3.63) is 24.8 Å². The lowest BCUT2D eigenvalue weighted by Gasteiger charge is -2.58. The van der Waals surface area contributed by atoms with Gasteiger partial charge in [-0.25, -0.2) is 0 Å². The largest absolute Gasteiger partial charge is 0.389 e. The molecule has 2 nitrogen and oxygen atoms in total. The molecule has 3 heteroatoms. The molecular weight excluding hydrogens is 364 g/mol. The van der Waals surface area contributed by atoms with Crippen molar-refractivity contribution in [1.29, 1.82) is 0 Å². The number of aliphatic hydroxyl groups is 1. The second-order valence-corrected chi connectivity index (χ2v) is 10.2. The van der Waals surface area contributed by atoms with E-state index < -0.39 is 5.60 Å². The number of allylic oxidation sites excluding steroid dienone is 2. The average Bonchev–Trinajstić information content (AvgIpc) is 2.47. The number of ether oxygens (including phenoxy) is 1. The fourth-order valence-corrected chi connectivity index (χ4v) is 6.05. The summed E-state index contributed by atoms with van der Waals surface area (Å²) >= 11 is 3.71. The standard InChI is InChI=1S/C21H33BrO2/c1-6-14(15-7-8-21(5,23)19(22)10-15)9-16-17(13(2)3)11-20(4)12-18(16)24-20/h6,14-19,23H,1-2,7-12H2,3-5H3/t14?,15-,16-,17-,18+,19-,20-,21+/m1/s1. The molecule has 4 rings (SSSR count). The molecule has 1 N–H and O–H groups in total. The summed E-state index contributed by atoms with van der Waals surface area (Å²) in [7, 11) is 0. The van der Waals surface area contributed by atoms with Crippen LogP contribution < -0.4 is 0 Å². The van der Waals surface area contributed by atoms with Crippen molar-refractivity contribution in [3.8, 4) is 0 Å². The lowest BCUT2D eigenvalue weighted by Crippen LogP contribution is -2.60. The molecule has 2 aliphatic carbocycles. The average molecular weight is 397 g/mol. The lowest BCUT2D eigenvalue weighted by molar-refractivity contribution is -0.264. The first kappa shape index (κ1) is 18.7. The van der Waals surface area contributed by atoms with Crippen molar-refractivity contribution in [1.82, 2.24) is 0 Å². The third kappa shape index (κ3) is 3.41. The molecule has 136 valence electrons. The van der Waals surface area contributed by atoms with Crippen LogP contribution in [-0.4, -0.2) is 27.2 Å². The number of alkyl halides is 1. The molecule has 0 aromatic carbocycles. The van der Waals surface area contributed by atoms with Crippen LogP contribution >= 0.6 is 15.9 Å². The van der Waals surface area contributed by atoms with Crippen molar-refractivity contribution in [3.63, 3.8) is 0 Å². The Balaban J connectivity index is 1.68. The monoisotopic (exact) mass is 396 g/mol. The summed E-state index contributed by atoms with van der Waals surface area (Å²) < 4.78 is 6.22. The van der Waals surface area contributed by atoms with Crippen molar-refractivity contribution < 1.29 is 9.84 Å². The van der Waals surface area contributed by atoms with Crippen LogP contribution in [0.1, 0.15) is 59.3 Å². The van der Waals surface area contributed by atoms with E-state index in [9.17, 15) is 5.11 Å². The molecule has 2 bridgehead atoms. The van der Waals surface area contributed by atoms with Crippen LogP contribution in [0.5, 0.6) is 0 Å². The quantitative estimate of drug-likeness (QED) is 0.507. The van der Waals surface area contributed by atoms with E-state index in [1.807, 2.05) is 6.92 Å². The normalized spacial score (nSPS) is 49.1. The maximum absolute atomic E-state index is 10.4. The van der Waals surface area contributed by atoms with Gasteiger partial charge in [-0.15, -0.1) is 6.58 Å². The van der Waals surface area contributed by atoms with Gasteiger partial charge in [0.2, 0.25) is 0 Å². The van der Waals surface area contributed by atoms with Gasteiger partial charge in [0.1, 0.15) is 0 Å². The molecule has 0 amide bonds. The van der Waals surface area contributed by atoms with Crippen molar-refractivity contribution in [2.24, 2.45) is 23.7 Å². The minimum absolute atomic E-state index is 0.0962. The molecule has 4 aliphatic rings. The van der Waals surface area contributed by atoms with Gasteiger partial charge in [0.05, 0.1) is 17.3 Å². The zero-order valence-electron chi connectivity index (χ0n) is 15.4. The second-order valence-electron chi connectivity index (χ2n) is 9.13. The number of fused-ring (bicyclic) bond motifs is 2. The van der Waals surface area contributed by atoms with Gasteiger partial charge < -0.3 is 9.84 Å². The highest BCUT2D eigenvalue weighted by Gasteiger charge is 2.54. The number of halogens is 1. The Morgan fingerprint density at radius 1 is 1.42 bits per heavy atom. The van der Waals surface area contributed by atoms with E-state index >= 15 is 0 Å². The topological polar surface area (TPSA) is 29.5 Å². The molecule has 0 spiro atoms. The molecule has 2 aliphatic heterocycles. The highest BCUT2D eigenvalue weighted by atomic mass is 79.9. The second kappa shape index (κ2) is 6.55. The van der Waals surface area contributed by atoms with Crippen LogP contribution in [0.4, 0.5) is 0 Å². The van der Waals surface area contributed by atoms with E-state index in [1.54, 1.807) is 0 Å². The molecule has 1 unspecified atom stereocenters. The van der Waals surface area contributed by atoms with Crippen LogP contribution in [0.15, 0.2) is 24.8 Å². The zero-order valence-corrected chi connectivity index (χ0v) is 17.0. The summed E-state index contributed by atoms with van der Waals surface area (Å²) in [4.78, 5) is 0.178. The van der Waals surface area contributed by atoms with Crippen LogP contribution in [0.2, 0.25) is 0 Å². The molecule has 0 aromatic heterocycles. The van der Waals surface area contributed by atoms with Gasteiger partial charge in [-0.2, -0.15) is 0 Å². The molecular formula is C21H33BrO2.